The Balaban J connectivity index is 1.31. The van der Waals surface area contributed by atoms with Gasteiger partial charge in [0.15, 0.2) is 0 Å². The van der Waals surface area contributed by atoms with Crippen LogP contribution in [0.3, 0.4) is 0 Å². The number of hydrogen-bond acceptors (Lipinski definition) is 7. The van der Waals surface area contributed by atoms with E-state index >= 15 is 0 Å². The van der Waals surface area contributed by atoms with Crippen molar-refractivity contribution in [3.8, 4) is 28.1 Å². The number of nitrogens with one attached hydrogen (secondary N) is 1. The Morgan fingerprint density at radius 2 is 2.05 bits per heavy atom. The molecule has 0 radical (unpaired) electrons. The molecule has 1 aliphatic rings. The molecule has 4 heterocycles. The van der Waals surface area contributed by atoms with Crippen LogP contribution in [0.4, 0.5) is 0 Å². The van der Waals surface area contributed by atoms with E-state index in [1.807, 2.05) is 42.5 Å². The Labute approximate surface area is 228 Å². The number of ether oxygens (including phenoxy) is 1. The maximum absolute atomic E-state index is 13.4. The molecule has 0 saturated carbocycles. The van der Waals surface area contributed by atoms with Crippen molar-refractivity contribution < 1.29 is 9.53 Å². The highest BCUT2D eigenvalue weighted by molar-refractivity contribution is 6.31. The summed E-state index contributed by atoms with van der Waals surface area (Å²) in [7, 11) is 0. The summed E-state index contributed by atoms with van der Waals surface area (Å²) in [6.45, 7) is 2.14. The topological polar surface area (TPSA) is 121 Å². The lowest BCUT2D eigenvalue weighted by molar-refractivity contribution is -0.142. The lowest BCUT2D eigenvalue weighted by atomic mass is 10.0. The van der Waals surface area contributed by atoms with Crippen LogP contribution in [0.5, 0.6) is 0 Å². The fourth-order valence-electron chi connectivity index (χ4n) is 5.10. The molecule has 5 aromatic rings. The molecule has 0 amide bonds. The average molecular weight is 542 g/mol. The summed E-state index contributed by atoms with van der Waals surface area (Å²) in [5, 5.41) is 12.0. The van der Waals surface area contributed by atoms with E-state index in [1.165, 1.54) is 6.33 Å². The summed E-state index contributed by atoms with van der Waals surface area (Å²) in [5.74, 6) is 0.454. The van der Waals surface area contributed by atoms with Crippen LogP contribution in [-0.2, 0) is 22.4 Å². The molecule has 0 fully saturated rings. The van der Waals surface area contributed by atoms with Gasteiger partial charge in [0.1, 0.15) is 12.2 Å². The van der Waals surface area contributed by atoms with Gasteiger partial charge in [0.05, 0.1) is 36.6 Å². The number of benzene rings is 2. The standard InChI is InChI=1S/C28H24ClN7O3/c1-2-39-27(38)11-17-4-3-5-18(10-17)23-15-30-28(32-23)25-9-7-21-12-19(13-26(37)36(21)25)22-14-20(29)6-8-24(22)35-16-31-33-34-35/h3-6,8,10,12-16,25H,2,7,9,11H2,1H3,(H,30,32)/t25-/m0/s1. The van der Waals surface area contributed by atoms with Crippen LogP contribution in [0.2, 0.25) is 5.02 Å². The maximum Gasteiger partial charge on any atom is 0.310 e. The second kappa shape index (κ2) is 10.3. The molecule has 0 spiro atoms. The third-order valence-corrected chi connectivity index (χ3v) is 7.04. The molecule has 0 bridgehead atoms. The maximum atomic E-state index is 13.4. The SMILES string of the molecule is CCOC(=O)Cc1cccc(-c2cnc([C@@H]3CCc4cc(-c5cc(Cl)ccc5-n5cnnn5)cc(=O)n43)[nH]2)c1. The van der Waals surface area contributed by atoms with E-state index in [0.717, 1.165) is 52.2 Å². The Morgan fingerprint density at radius 1 is 1.15 bits per heavy atom. The predicted molar refractivity (Wildman–Crippen MR) is 145 cm³/mol. The third-order valence-electron chi connectivity index (χ3n) is 6.80. The Morgan fingerprint density at radius 3 is 2.87 bits per heavy atom. The van der Waals surface area contributed by atoms with Gasteiger partial charge in [0.25, 0.3) is 5.56 Å². The highest BCUT2D eigenvalue weighted by Gasteiger charge is 2.28. The number of tetrazole rings is 1. The number of halogens is 1. The molecule has 1 atom stereocenters. The number of rotatable bonds is 7. The molecule has 2 aromatic carbocycles. The first-order valence-corrected chi connectivity index (χ1v) is 13.0. The summed E-state index contributed by atoms with van der Waals surface area (Å²) in [6, 6.07) is 16.5. The number of H-pyrrole nitrogens is 1. The average Bonchev–Trinajstić information content (AvgIpc) is 3.70. The minimum absolute atomic E-state index is 0.123. The third kappa shape index (κ3) is 4.86. The molecule has 0 saturated heterocycles. The summed E-state index contributed by atoms with van der Waals surface area (Å²) in [6.07, 6.45) is 4.94. The minimum Gasteiger partial charge on any atom is -0.466 e. The summed E-state index contributed by atoms with van der Waals surface area (Å²) < 4.78 is 8.41. The monoisotopic (exact) mass is 541 g/mol. The number of hydrogen-bond donors (Lipinski definition) is 1. The van der Waals surface area contributed by atoms with Crippen molar-refractivity contribution in [2.24, 2.45) is 0 Å². The molecule has 1 aliphatic heterocycles. The first-order chi connectivity index (χ1) is 19.0. The number of carbonyl (C=O) groups is 1. The molecule has 3 aromatic heterocycles. The lowest BCUT2D eigenvalue weighted by Gasteiger charge is -2.15. The first kappa shape index (κ1) is 24.7. The molecule has 10 nitrogen and oxygen atoms in total. The number of esters is 1. The van der Waals surface area contributed by atoms with Crippen LogP contribution in [0.15, 0.2) is 71.9 Å². The van der Waals surface area contributed by atoms with Crippen LogP contribution in [0, 0.1) is 0 Å². The second-order valence-corrected chi connectivity index (χ2v) is 9.71. The van der Waals surface area contributed by atoms with Gasteiger partial charge in [0, 0.05) is 22.3 Å². The molecular formula is C28H24ClN7O3. The first-order valence-electron chi connectivity index (χ1n) is 12.6. The fraction of sp³-hybridized carbons (Fsp3) is 0.214. The Kier molecular flexibility index (Phi) is 6.54. The molecule has 196 valence electrons. The highest BCUT2D eigenvalue weighted by Crippen LogP contribution is 2.34. The quantitative estimate of drug-likeness (QED) is 0.307. The number of imidazole rings is 1. The van der Waals surface area contributed by atoms with Crippen molar-refractivity contribution >= 4 is 17.6 Å². The van der Waals surface area contributed by atoms with Crippen molar-refractivity contribution in [1.29, 1.82) is 0 Å². The van der Waals surface area contributed by atoms with Gasteiger partial charge in [-0.05, 0) is 77.2 Å². The number of fused-ring (bicyclic) bond motifs is 1. The van der Waals surface area contributed by atoms with E-state index in [-0.39, 0.29) is 24.0 Å². The van der Waals surface area contributed by atoms with E-state index in [2.05, 4.69) is 25.5 Å². The molecular weight excluding hydrogens is 518 g/mol. The van der Waals surface area contributed by atoms with Gasteiger partial charge in [-0.3, -0.25) is 9.59 Å². The summed E-state index contributed by atoms with van der Waals surface area (Å²) in [5.41, 5.74) is 5.62. The van der Waals surface area contributed by atoms with Crippen molar-refractivity contribution in [3.63, 3.8) is 0 Å². The fourth-order valence-corrected chi connectivity index (χ4v) is 5.27. The Hall–Kier alpha value is -4.57. The largest absolute Gasteiger partial charge is 0.466 e. The zero-order chi connectivity index (χ0) is 26.9. The molecule has 11 heteroatoms. The number of aryl methyl sites for hydroxylation is 1. The number of nitrogens with zero attached hydrogens (tertiary/aromatic N) is 6. The van der Waals surface area contributed by atoms with E-state index in [9.17, 15) is 9.59 Å². The Bertz CT molecular complexity index is 1730. The number of aromatic nitrogens is 7. The van der Waals surface area contributed by atoms with Gasteiger partial charge in [0.2, 0.25) is 0 Å². The smallest absolute Gasteiger partial charge is 0.310 e. The number of pyridine rings is 1. The number of carbonyl (C=O) groups excluding carboxylic acids is 1. The van der Waals surface area contributed by atoms with E-state index in [1.54, 1.807) is 34.5 Å². The van der Waals surface area contributed by atoms with Gasteiger partial charge in [-0.2, -0.15) is 4.68 Å². The number of aromatic amines is 1. The van der Waals surface area contributed by atoms with Crippen molar-refractivity contribution in [2.45, 2.75) is 32.2 Å². The van der Waals surface area contributed by atoms with Gasteiger partial charge in [-0.15, -0.1) is 5.10 Å². The predicted octanol–water partition coefficient (Wildman–Crippen LogP) is 4.18. The molecule has 6 rings (SSSR count). The second-order valence-electron chi connectivity index (χ2n) is 9.28. The molecule has 1 N–H and O–H groups in total. The zero-order valence-corrected chi connectivity index (χ0v) is 21.8. The van der Waals surface area contributed by atoms with Crippen LogP contribution in [0.25, 0.3) is 28.1 Å². The van der Waals surface area contributed by atoms with Gasteiger partial charge < -0.3 is 14.3 Å². The van der Waals surface area contributed by atoms with E-state index in [4.69, 9.17) is 16.3 Å². The van der Waals surface area contributed by atoms with Crippen LogP contribution in [-0.4, -0.2) is 47.3 Å². The van der Waals surface area contributed by atoms with Crippen LogP contribution >= 0.6 is 11.6 Å². The molecule has 0 unspecified atom stereocenters. The van der Waals surface area contributed by atoms with Crippen molar-refractivity contribution in [3.05, 3.63) is 99.6 Å². The van der Waals surface area contributed by atoms with Crippen LogP contribution < -0.4 is 5.56 Å². The van der Waals surface area contributed by atoms with Crippen molar-refractivity contribution in [2.75, 3.05) is 6.61 Å². The van der Waals surface area contributed by atoms with E-state index in [0.29, 0.717) is 17.5 Å². The lowest BCUT2D eigenvalue weighted by Crippen LogP contribution is -2.23. The molecule has 0 aliphatic carbocycles. The minimum atomic E-state index is -0.260. The van der Waals surface area contributed by atoms with Crippen LogP contribution in [0.1, 0.15) is 36.5 Å². The van der Waals surface area contributed by atoms with Gasteiger partial charge >= 0.3 is 5.97 Å². The van der Waals surface area contributed by atoms with E-state index < -0.39 is 0 Å². The highest BCUT2D eigenvalue weighted by atomic mass is 35.5. The zero-order valence-electron chi connectivity index (χ0n) is 21.0. The van der Waals surface area contributed by atoms with Gasteiger partial charge in [-0.1, -0.05) is 29.8 Å². The summed E-state index contributed by atoms with van der Waals surface area (Å²) >= 11 is 6.31. The molecule has 39 heavy (non-hydrogen) atoms. The summed E-state index contributed by atoms with van der Waals surface area (Å²) in [4.78, 5) is 33.4. The van der Waals surface area contributed by atoms with Crippen molar-refractivity contribution in [1.82, 2.24) is 34.7 Å². The van der Waals surface area contributed by atoms with Gasteiger partial charge in [-0.25, -0.2) is 4.98 Å². The normalized spacial score (nSPS) is 14.4.